The van der Waals surface area contributed by atoms with Gasteiger partial charge in [-0.2, -0.15) is 4.31 Å². The lowest BCUT2D eigenvalue weighted by molar-refractivity contribution is -0.120. The molecule has 0 bridgehead atoms. The molecule has 1 aliphatic rings. The second-order valence-electron chi connectivity index (χ2n) is 7.64. The van der Waals surface area contributed by atoms with Crippen LogP contribution in [0.25, 0.3) is 11.4 Å². The van der Waals surface area contributed by atoms with Gasteiger partial charge in [0, 0.05) is 36.8 Å². The van der Waals surface area contributed by atoms with E-state index in [1.165, 1.54) is 39.9 Å². The fourth-order valence-electron chi connectivity index (χ4n) is 3.64. The summed E-state index contributed by atoms with van der Waals surface area (Å²) in [6.45, 7) is 0.241. The number of piperidine rings is 1. The Morgan fingerprint density at radius 1 is 1.00 bits per heavy atom. The molecule has 1 aromatic carbocycles. The number of hydrogen-bond donors (Lipinski definition) is 1. The summed E-state index contributed by atoms with van der Waals surface area (Å²) in [5.41, 5.74) is 1.38. The summed E-state index contributed by atoms with van der Waals surface area (Å²) in [5, 5.41) is 5.08. The van der Waals surface area contributed by atoms with Gasteiger partial charge in [-0.25, -0.2) is 21.8 Å². The predicted octanol–water partition coefficient (Wildman–Crippen LogP) is 2.65. The number of benzene rings is 1. The molecule has 0 aliphatic carbocycles. The number of nitrogens with one attached hydrogen (secondary N) is 1. The van der Waals surface area contributed by atoms with Gasteiger partial charge in [0.1, 0.15) is 10.6 Å². The summed E-state index contributed by atoms with van der Waals surface area (Å²) in [7, 11) is -7.72. The van der Waals surface area contributed by atoms with Crippen LogP contribution >= 0.6 is 11.3 Å². The lowest BCUT2D eigenvalue weighted by Gasteiger charge is -2.30. The number of pyridine rings is 1. The van der Waals surface area contributed by atoms with Gasteiger partial charge in [-0.05, 0) is 37.1 Å². The highest BCUT2D eigenvalue weighted by molar-refractivity contribution is 7.93. The molecule has 174 valence electrons. The summed E-state index contributed by atoms with van der Waals surface area (Å²) in [4.78, 5) is 20.9. The third kappa shape index (κ3) is 5.13. The third-order valence-corrected chi connectivity index (χ3v) is 9.35. The molecule has 33 heavy (non-hydrogen) atoms. The van der Waals surface area contributed by atoms with Gasteiger partial charge in [0.15, 0.2) is 15.0 Å². The Morgan fingerprint density at radius 3 is 2.30 bits per heavy atom. The smallest absolute Gasteiger partial charge is 0.244 e. The zero-order chi connectivity index (χ0) is 23.6. The number of sulfonamides is 1. The van der Waals surface area contributed by atoms with Gasteiger partial charge in [0.2, 0.25) is 15.9 Å². The van der Waals surface area contributed by atoms with Crippen molar-refractivity contribution in [3.63, 3.8) is 0 Å². The molecule has 3 aromatic rings. The van der Waals surface area contributed by atoms with E-state index in [9.17, 15) is 21.6 Å². The zero-order valence-corrected chi connectivity index (χ0v) is 20.2. The van der Waals surface area contributed by atoms with E-state index in [-0.39, 0.29) is 34.7 Å². The number of anilines is 1. The Bertz CT molecular complexity index is 1360. The maximum atomic E-state index is 13.1. The number of carbonyl (C=O) groups is 1. The highest BCUT2D eigenvalue weighted by Gasteiger charge is 2.34. The van der Waals surface area contributed by atoms with E-state index in [4.69, 9.17) is 0 Å². The molecule has 0 unspecified atom stereocenters. The van der Waals surface area contributed by atoms with Crippen molar-refractivity contribution in [1.82, 2.24) is 14.3 Å². The van der Waals surface area contributed by atoms with Crippen molar-refractivity contribution < 1.29 is 21.6 Å². The van der Waals surface area contributed by atoms with Crippen LogP contribution in [0.1, 0.15) is 12.8 Å². The van der Waals surface area contributed by atoms with Crippen molar-refractivity contribution >= 4 is 42.2 Å². The number of rotatable bonds is 6. The summed E-state index contributed by atoms with van der Waals surface area (Å²) in [5.74, 6) is -0.589. The number of aromatic nitrogens is 2. The van der Waals surface area contributed by atoms with Crippen molar-refractivity contribution in [3.8, 4) is 11.4 Å². The fraction of sp³-hybridized carbons (Fsp3) is 0.286. The number of amides is 1. The molecule has 0 radical (unpaired) electrons. The first kappa shape index (κ1) is 23.5. The van der Waals surface area contributed by atoms with Crippen molar-refractivity contribution in [3.05, 3.63) is 54.0 Å². The lowest BCUT2D eigenvalue weighted by Crippen LogP contribution is -2.41. The molecule has 12 heteroatoms. The Kier molecular flexibility index (Phi) is 6.61. The average Bonchev–Trinajstić information content (AvgIpc) is 3.27. The van der Waals surface area contributed by atoms with E-state index in [0.29, 0.717) is 29.4 Å². The van der Waals surface area contributed by atoms with Crippen molar-refractivity contribution in [2.75, 3.05) is 24.7 Å². The largest absolute Gasteiger partial charge is 0.302 e. The first-order valence-electron chi connectivity index (χ1n) is 10.1. The van der Waals surface area contributed by atoms with Crippen LogP contribution < -0.4 is 5.32 Å². The van der Waals surface area contributed by atoms with E-state index < -0.39 is 19.9 Å². The van der Waals surface area contributed by atoms with Gasteiger partial charge >= 0.3 is 0 Å². The van der Waals surface area contributed by atoms with Crippen LogP contribution in [0.15, 0.2) is 63.8 Å². The Hall–Kier alpha value is -2.67. The standard InChI is InChI=1S/C21H22N4O5S3/c1-32(27,28)18-7-2-3-8-19(18)33(29,30)25-12-9-15(10-13-25)20(26)24-21-23-17(14-31-21)16-6-4-5-11-22-16/h2-8,11,14-15H,9-10,12-13H2,1H3,(H,23,24,26). The predicted molar refractivity (Wildman–Crippen MR) is 125 cm³/mol. The molecule has 1 fully saturated rings. The number of nitrogens with zero attached hydrogens (tertiary/aromatic N) is 3. The minimum absolute atomic E-state index is 0.121. The van der Waals surface area contributed by atoms with Gasteiger partial charge < -0.3 is 5.32 Å². The second-order valence-corrected chi connectivity index (χ2v) is 12.4. The highest BCUT2D eigenvalue weighted by Crippen LogP contribution is 2.29. The Balaban J connectivity index is 1.41. The Morgan fingerprint density at radius 2 is 1.67 bits per heavy atom. The molecule has 1 amide bonds. The molecule has 4 rings (SSSR count). The van der Waals surface area contributed by atoms with Crippen molar-refractivity contribution in [2.24, 2.45) is 5.92 Å². The molecule has 3 heterocycles. The third-order valence-electron chi connectivity index (χ3n) is 5.35. The number of hydrogen-bond acceptors (Lipinski definition) is 8. The minimum atomic E-state index is -4.01. The number of thiazole rings is 1. The molecular weight excluding hydrogens is 484 g/mol. The number of carbonyl (C=O) groups excluding carboxylic acids is 1. The molecular formula is C21H22N4O5S3. The van der Waals surface area contributed by atoms with Crippen molar-refractivity contribution in [2.45, 2.75) is 22.6 Å². The van der Waals surface area contributed by atoms with Crippen LogP contribution in [0, 0.1) is 5.92 Å². The van der Waals surface area contributed by atoms with Gasteiger partial charge in [0.05, 0.1) is 10.6 Å². The zero-order valence-electron chi connectivity index (χ0n) is 17.7. The average molecular weight is 507 g/mol. The maximum absolute atomic E-state index is 13.1. The van der Waals surface area contributed by atoms with E-state index in [1.54, 1.807) is 6.20 Å². The van der Waals surface area contributed by atoms with Gasteiger partial charge in [-0.15, -0.1) is 11.3 Å². The summed E-state index contributed by atoms with van der Waals surface area (Å²) >= 11 is 1.30. The van der Waals surface area contributed by atoms with Crippen LogP contribution in [0.3, 0.4) is 0 Å². The van der Waals surface area contributed by atoms with E-state index in [2.05, 4.69) is 15.3 Å². The number of sulfone groups is 1. The van der Waals surface area contributed by atoms with Crippen LogP contribution in [0.2, 0.25) is 0 Å². The molecule has 0 atom stereocenters. The summed E-state index contributed by atoms with van der Waals surface area (Å²) in [6, 6.07) is 11.1. The first-order chi connectivity index (χ1) is 15.7. The van der Waals surface area contributed by atoms with E-state index >= 15 is 0 Å². The van der Waals surface area contributed by atoms with E-state index in [1.807, 2.05) is 23.6 Å². The lowest BCUT2D eigenvalue weighted by atomic mass is 9.97. The second kappa shape index (κ2) is 9.29. The fourth-order valence-corrected chi connectivity index (χ4v) is 7.42. The maximum Gasteiger partial charge on any atom is 0.244 e. The van der Waals surface area contributed by atoms with Crippen LogP contribution in [-0.2, 0) is 24.7 Å². The van der Waals surface area contributed by atoms with E-state index in [0.717, 1.165) is 6.26 Å². The monoisotopic (exact) mass is 506 g/mol. The topological polar surface area (TPSA) is 126 Å². The van der Waals surface area contributed by atoms with Gasteiger partial charge in [-0.3, -0.25) is 9.78 Å². The molecule has 1 N–H and O–H groups in total. The molecule has 2 aromatic heterocycles. The highest BCUT2D eigenvalue weighted by atomic mass is 32.2. The van der Waals surface area contributed by atoms with Crippen LogP contribution in [0.5, 0.6) is 0 Å². The SMILES string of the molecule is CS(=O)(=O)c1ccccc1S(=O)(=O)N1CCC(C(=O)Nc2nc(-c3ccccn3)cs2)CC1. The first-order valence-corrected chi connectivity index (χ1v) is 14.3. The van der Waals surface area contributed by atoms with Crippen LogP contribution in [0.4, 0.5) is 5.13 Å². The van der Waals surface area contributed by atoms with Crippen molar-refractivity contribution in [1.29, 1.82) is 0 Å². The van der Waals surface area contributed by atoms with Gasteiger partial charge in [0.25, 0.3) is 0 Å². The van der Waals surface area contributed by atoms with Gasteiger partial charge in [-0.1, -0.05) is 18.2 Å². The molecule has 0 spiro atoms. The quantitative estimate of drug-likeness (QED) is 0.545. The molecule has 9 nitrogen and oxygen atoms in total. The Labute approximate surface area is 196 Å². The minimum Gasteiger partial charge on any atom is -0.302 e. The summed E-state index contributed by atoms with van der Waals surface area (Å²) in [6.07, 6.45) is 3.30. The summed E-state index contributed by atoms with van der Waals surface area (Å²) < 4.78 is 51.5. The molecule has 1 saturated heterocycles. The molecule has 1 aliphatic heterocycles. The van der Waals surface area contributed by atoms with Crippen LogP contribution in [-0.4, -0.2) is 56.4 Å². The molecule has 0 saturated carbocycles. The normalized spacial score (nSPS) is 15.9.